The lowest BCUT2D eigenvalue weighted by Gasteiger charge is -2.38. The third-order valence-electron chi connectivity index (χ3n) is 4.79. The number of hydrogen-bond acceptors (Lipinski definition) is 5. The summed E-state index contributed by atoms with van der Waals surface area (Å²) in [7, 11) is 2.08. The van der Waals surface area contributed by atoms with Crippen LogP contribution in [0, 0.1) is 0 Å². The maximum Gasteiger partial charge on any atom is 0.119 e. The van der Waals surface area contributed by atoms with Gasteiger partial charge in [0.1, 0.15) is 5.75 Å². The van der Waals surface area contributed by atoms with Gasteiger partial charge in [0.25, 0.3) is 0 Å². The van der Waals surface area contributed by atoms with Gasteiger partial charge in [-0.1, -0.05) is 12.1 Å². The molecule has 0 spiro atoms. The van der Waals surface area contributed by atoms with Crippen molar-refractivity contribution in [1.82, 2.24) is 19.4 Å². The summed E-state index contributed by atoms with van der Waals surface area (Å²) >= 11 is 0. The lowest BCUT2D eigenvalue weighted by Crippen LogP contribution is -2.52. The molecule has 6 nitrogen and oxygen atoms in total. The molecule has 3 rings (SSSR count). The second kappa shape index (κ2) is 8.99. The number of aromatic nitrogens is 2. The Kier molecular flexibility index (Phi) is 6.44. The van der Waals surface area contributed by atoms with Gasteiger partial charge < -0.3 is 14.4 Å². The van der Waals surface area contributed by atoms with Gasteiger partial charge in [0.05, 0.1) is 19.5 Å². The van der Waals surface area contributed by atoms with Gasteiger partial charge >= 0.3 is 0 Å². The molecular weight excluding hydrogens is 316 g/mol. The van der Waals surface area contributed by atoms with Gasteiger partial charge in [-0.25, -0.2) is 4.98 Å². The first kappa shape index (κ1) is 17.9. The second-order valence-electron chi connectivity index (χ2n) is 6.70. The molecule has 1 fully saturated rings. The Morgan fingerprint density at radius 2 is 2.08 bits per heavy atom. The molecule has 0 radical (unpaired) electrons. The minimum atomic E-state index is 0.221. The molecular formula is C19H28N4O2. The summed E-state index contributed by atoms with van der Waals surface area (Å²) in [5, 5.41) is 9.46. The number of aliphatic hydroxyl groups excluding tert-OH is 1. The van der Waals surface area contributed by atoms with Gasteiger partial charge in [-0.15, -0.1) is 0 Å². The van der Waals surface area contributed by atoms with Crippen LogP contribution in [-0.4, -0.2) is 70.4 Å². The Morgan fingerprint density at radius 1 is 1.24 bits per heavy atom. The topological polar surface area (TPSA) is 53.8 Å². The van der Waals surface area contributed by atoms with Crippen LogP contribution in [0.5, 0.6) is 5.75 Å². The minimum absolute atomic E-state index is 0.221. The average Bonchev–Trinajstić information content (AvgIpc) is 3.15. The highest BCUT2D eigenvalue weighted by atomic mass is 16.5. The Hall–Kier alpha value is -1.89. The van der Waals surface area contributed by atoms with Gasteiger partial charge in [0.15, 0.2) is 0 Å². The van der Waals surface area contributed by atoms with Crippen LogP contribution in [0.25, 0.3) is 0 Å². The highest BCUT2D eigenvalue weighted by Crippen LogP contribution is 2.16. The van der Waals surface area contributed by atoms with Crippen molar-refractivity contribution in [2.24, 2.45) is 0 Å². The van der Waals surface area contributed by atoms with Crippen molar-refractivity contribution in [3.63, 3.8) is 0 Å². The predicted octanol–water partition coefficient (Wildman–Crippen LogP) is 1.46. The van der Waals surface area contributed by atoms with Gasteiger partial charge in [0.2, 0.25) is 0 Å². The summed E-state index contributed by atoms with van der Waals surface area (Å²) in [6.45, 7) is 5.73. The van der Waals surface area contributed by atoms with E-state index in [1.165, 1.54) is 5.56 Å². The van der Waals surface area contributed by atoms with Crippen molar-refractivity contribution in [2.45, 2.75) is 25.6 Å². The number of rotatable bonds is 8. The van der Waals surface area contributed by atoms with E-state index < -0.39 is 0 Å². The molecule has 0 aliphatic carbocycles. The predicted molar refractivity (Wildman–Crippen MR) is 97.6 cm³/mol. The van der Waals surface area contributed by atoms with Crippen LogP contribution in [0.4, 0.5) is 0 Å². The molecule has 6 heteroatoms. The van der Waals surface area contributed by atoms with E-state index >= 15 is 0 Å². The zero-order valence-electron chi connectivity index (χ0n) is 14.9. The third-order valence-corrected chi connectivity index (χ3v) is 4.79. The molecule has 0 saturated carbocycles. The number of aliphatic hydroxyl groups is 1. The van der Waals surface area contributed by atoms with Crippen LogP contribution in [0.15, 0.2) is 43.0 Å². The van der Waals surface area contributed by atoms with Crippen LogP contribution in [0.3, 0.4) is 0 Å². The van der Waals surface area contributed by atoms with E-state index in [0.29, 0.717) is 6.61 Å². The number of likely N-dealkylation sites (N-methyl/N-ethyl adjacent to an activating group) is 1. The van der Waals surface area contributed by atoms with Gasteiger partial charge in [-0.3, -0.25) is 9.80 Å². The molecule has 1 saturated heterocycles. The number of imidazole rings is 1. The molecule has 1 atom stereocenters. The molecule has 0 amide bonds. The molecule has 2 aromatic rings. The van der Waals surface area contributed by atoms with Crippen LogP contribution in [0.1, 0.15) is 12.0 Å². The maximum absolute atomic E-state index is 9.46. The molecule has 136 valence electrons. The first-order valence-electron chi connectivity index (χ1n) is 8.95. The number of ether oxygens (including phenoxy) is 1. The molecule has 25 heavy (non-hydrogen) atoms. The van der Waals surface area contributed by atoms with Crippen molar-refractivity contribution in [1.29, 1.82) is 0 Å². The fourth-order valence-corrected chi connectivity index (χ4v) is 3.16. The van der Waals surface area contributed by atoms with E-state index in [-0.39, 0.29) is 12.6 Å². The fourth-order valence-electron chi connectivity index (χ4n) is 3.16. The fraction of sp³-hybridized carbons (Fsp3) is 0.526. The van der Waals surface area contributed by atoms with E-state index in [4.69, 9.17) is 4.74 Å². The largest absolute Gasteiger partial charge is 0.494 e. The number of piperazine rings is 1. The summed E-state index contributed by atoms with van der Waals surface area (Å²) < 4.78 is 7.87. The SMILES string of the molecule is CN1CCN(Cc2ccc(OCCCn3ccnc3)cc2)CC1CO. The van der Waals surface area contributed by atoms with Crippen molar-refractivity contribution >= 4 is 0 Å². The minimum Gasteiger partial charge on any atom is -0.494 e. The molecule has 2 heterocycles. The van der Waals surface area contributed by atoms with E-state index in [1.54, 1.807) is 6.20 Å². The van der Waals surface area contributed by atoms with E-state index in [9.17, 15) is 5.11 Å². The number of nitrogens with zero attached hydrogens (tertiary/aromatic N) is 4. The Labute approximate surface area is 149 Å². The van der Waals surface area contributed by atoms with Crippen molar-refractivity contribution in [2.75, 3.05) is 39.9 Å². The zero-order valence-corrected chi connectivity index (χ0v) is 14.9. The monoisotopic (exact) mass is 344 g/mol. The molecule has 1 unspecified atom stereocenters. The summed E-state index contributed by atoms with van der Waals surface area (Å²) in [6, 6.07) is 8.61. The van der Waals surface area contributed by atoms with Gasteiger partial charge in [-0.05, 0) is 31.2 Å². The number of benzene rings is 1. The summed E-state index contributed by atoms with van der Waals surface area (Å²) in [5.41, 5.74) is 1.28. The Bertz CT molecular complexity index is 615. The molecule has 1 aromatic heterocycles. The van der Waals surface area contributed by atoms with Crippen molar-refractivity contribution < 1.29 is 9.84 Å². The van der Waals surface area contributed by atoms with Gasteiger partial charge in [-0.2, -0.15) is 0 Å². The van der Waals surface area contributed by atoms with Gasteiger partial charge in [0, 0.05) is 51.2 Å². The number of hydrogen-bond donors (Lipinski definition) is 1. The normalized spacial score (nSPS) is 19.2. The number of aryl methyl sites for hydroxylation is 1. The first-order chi connectivity index (χ1) is 12.2. The zero-order chi connectivity index (χ0) is 17.5. The van der Waals surface area contributed by atoms with Crippen molar-refractivity contribution in [3.05, 3.63) is 48.5 Å². The smallest absolute Gasteiger partial charge is 0.119 e. The van der Waals surface area contributed by atoms with E-state index in [1.807, 2.05) is 24.7 Å². The van der Waals surface area contributed by atoms with Crippen LogP contribution in [-0.2, 0) is 13.1 Å². The standard InChI is InChI=1S/C19H28N4O2/c1-21-10-11-23(14-18(21)15-24)13-17-3-5-19(6-4-17)25-12-2-8-22-9-7-20-16-22/h3-7,9,16,18,24H,2,8,10-15H2,1H3. The highest BCUT2D eigenvalue weighted by Gasteiger charge is 2.23. The summed E-state index contributed by atoms with van der Waals surface area (Å²) in [6.07, 6.45) is 6.55. The molecule has 1 aromatic carbocycles. The van der Waals surface area contributed by atoms with Crippen LogP contribution >= 0.6 is 0 Å². The maximum atomic E-state index is 9.46. The lowest BCUT2D eigenvalue weighted by atomic mass is 10.1. The van der Waals surface area contributed by atoms with Crippen LogP contribution < -0.4 is 4.74 Å². The quantitative estimate of drug-likeness (QED) is 0.735. The summed E-state index contributed by atoms with van der Waals surface area (Å²) in [5.74, 6) is 0.918. The lowest BCUT2D eigenvalue weighted by molar-refractivity contribution is 0.0540. The highest BCUT2D eigenvalue weighted by molar-refractivity contribution is 5.27. The molecule has 1 aliphatic rings. The molecule has 1 N–H and O–H groups in total. The second-order valence-corrected chi connectivity index (χ2v) is 6.70. The third kappa shape index (κ3) is 5.29. The van der Waals surface area contributed by atoms with E-state index in [2.05, 4.69) is 38.5 Å². The molecule has 0 bridgehead atoms. The average molecular weight is 344 g/mol. The van der Waals surface area contributed by atoms with E-state index in [0.717, 1.165) is 44.9 Å². The Morgan fingerprint density at radius 3 is 2.80 bits per heavy atom. The first-order valence-corrected chi connectivity index (χ1v) is 8.95. The Balaban J connectivity index is 1.41. The molecule has 1 aliphatic heterocycles. The van der Waals surface area contributed by atoms with Crippen molar-refractivity contribution in [3.8, 4) is 5.75 Å². The summed E-state index contributed by atoms with van der Waals surface area (Å²) in [4.78, 5) is 8.67. The van der Waals surface area contributed by atoms with Crippen LogP contribution in [0.2, 0.25) is 0 Å².